The van der Waals surface area contributed by atoms with Gasteiger partial charge in [-0.05, 0) is 78.7 Å². The molecule has 0 spiro atoms. The number of imidazole rings is 1. The number of aromatic nitrogens is 2. The van der Waals surface area contributed by atoms with Crippen molar-refractivity contribution in [1.29, 1.82) is 0 Å². The SMILES string of the molecule is COc1ccc(C#Cc2c(-c3ccc(OC)cc3)nc(NC(=O)c3ccc(OC)cc3)n2C)cc1. The summed E-state index contributed by atoms with van der Waals surface area (Å²) in [7, 11) is 6.65. The fourth-order valence-corrected chi connectivity index (χ4v) is 3.43. The van der Waals surface area contributed by atoms with Crippen molar-refractivity contribution in [3.05, 3.63) is 89.6 Å². The molecule has 35 heavy (non-hydrogen) atoms. The van der Waals surface area contributed by atoms with E-state index < -0.39 is 0 Å². The molecule has 0 aliphatic heterocycles. The molecule has 7 nitrogen and oxygen atoms in total. The van der Waals surface area contributed by atoms with Gasteiger partial charge in [-0.2, -0.15) is 0 Å². The number of rotatable bonds is 6. The van der Waals surface area contributed by atoms with Crippen LogP contribution in [0.3, 0.4) is 0 Å². The van der Waals surface area contributed by atoms with E-state index in [0.29, 0.717) is 28.6 Å². The number of amides is 1. The molecule has 1 N–H and O–H groups in total. The van der Waals surface area contributed by atoms with Crippen LogP contribution >= 0.6 is 0 Å². The second kappa shape index (κ2) is 10.5. The lowest BCUT2D eigenvalue weighted by Gasteiger charge is -2.06. The molecule has 0 unspecified atom stereocenters. The Morgan fingerprint density at radius 2 is 1.29 bits per heavy atom. The summed E-state index contributed by atoms with van der Waals surface area (Å²) in [5.74, 6) is 8.68. The number of benzene rings is 3. The van der Waals surface area contributed by atoms with E-state index in [2.05, 4.69) is 17.2 Å². The molecule has 0 atom stereocenters. The molecule has 0 radical (unpaired) electrons. The lowest BCUT2D eigenvalue weighted by Crippen LogP contribution is -2.15. The Morgan fingerprint density at radius 1 is 0.771 bits per heavy atom. The van der Waals surface area contributed by atoms with Crippen molar-refractivity contribution in [1.82, 2.24) is 9.55 Å². The van der Waals surface area contributed by atoms with Gasteiger partial charge in [0, 0.05) is 23.7 Å². The van der Waals surface area contributed by atoms with E-state index in [1.165, 1.54) is 0 Å². The monoisotopic (exact) mass is 467 g/mol. The van der Waals surface area contributed by atoms with E-state index in [-0.39, 0.29) is 5.91 Å². The van der Waals surface area contributed by atoms with Gasteiger partial charge in [-0.1, -0.05) is 5.92 Å². The Labute approximate surface area is 204 Å². The number of anilines is 1. The molecule has 1 aromatic heterocycles. The zero-order valence-corrected chi connectivity index (χ0v) is 20.0. The van der Waals surface area contributed by atoms with Gasteiger partial charge in [0.25, 0.3) is 5.91 Å². The number of ether oxygens (including phenoxy) is 3. The van der Waals surface area contributed by atoms with Gasteiger partial charge in [-0.3, -0.25) is 10.1 Å². The van der Waals surface area contributed by atoms with Gasteiger partial charge in [0.1, 0.15) is 28.6 Å². The largest absolute Gasteiger partial charge is 0.497 e. The predicted molar refractivity (Wildman–Crippen MR) is 135 cm³/mol. The highest BCUT2D eigenvalue weighted by Crippen LogP contribution is 2.27. The maximum Gasteiger partial charge on any atom is 0.257 e. The average Bonchev–Trinajstić information content (AvgIpc) is 3.22. The van der Waals surface area contributed by atoms with E-state index in [4.69, 9.17) is 19.2 Å². The number of hydrogen-bond donors (Lipinski definition) is 1. The minimum atomic E-state index is -0.281. The summed E-state index contributed by atoms with van der Waals surface area (Å²) >= 11 is 0. The van der Waals surface area contributed by atoms with Crippen molar-refractivity contribution in [2.75, 3.05) is 26.6 Å². The summed E-state index contributed by atoms with van der Waals surface area (Å²) in [4.78, 5) is 17.6. The third-order valence-electron chi connectivity index (χ3n) is 5.45. The lowest BCUT2D eigenvalue weighted by molar-refractivity contribution is 0.102. The summed E-state index contributed by atoms with van der Waals surface area (Å²) < 4.78 is 17.4. The predicted octanol–water partition coefficient (Wildman–Crippen LogP) is 4.77. The van der Waals surface area contributed by atoms with Gasteiger partial charge in [-0.15, -0.1) is 0 Å². The molecule has 7 heteroatoms. The van der Waals surface area contributed by atoms with Crippen LogP contribution in [0.5, 0.6) is 17.2 Å². The number of methoxy groups -OCH3 is 3. The fourth-order valence-electron chi connectivity index (χ4n) is 3.43. The molecule has 0 saturated heterocycles. The normalized spacial score (nSPS) is 10.2. The molecule has 4 aromatic rings. The molecule has 1 amide bonds. The van der Waals surface area contributed by atoms with E-state index in [0.717, 1.165) is 22.6 Å². The summed E-state index contributed by atoms with van der Waals surface area (Å²) in [6, 6.07) is 21.9. The molecule has 1 heterocycles. The molecule has 0 aliphatic rings. The van der Waals surface area contributed by atoms with Gasteiger partial charge >= 0.3 is 0 Å². The molecule has 176 valence electrons. The fraction of sp³-hybridized carbons (Fsp3) is 0.143. The first-order valence-electron chi connectivity index (χ1n) is 10.8. The molecule has 0 fully saturated rings. The van der Waals surface area contributed by atoms with Crippen molar-refractivity contribution >= 4 is 11.9 Å². The number of carbonyl (C=O) groups excluding carboxylic acids is 1. The molecule has 0 saturated carbocycles. The van der Waals surface area contributed by atoms with Gasteiger partial charge in [-0.25, -0.2) is 4.98 Å². The number of carbonyl (C=O) groups is 1. The van der Waals surface area contributed by atoms with E-state index in [1.54, 1.807) is 50.2 Å². The summed E-state index contributed by atoms with van der Waals surface area (Å²) in [5, 5.41) is 2.89. The molecule has 0 aliphatic carbocycles. The van der Waals surface area contributed by atoms with E-state index in [1.807, 2.05) is 55.6 Å². The van der Waals surface area contributed by atoms with Gasteiger partial charge in [0.05, 0.1) is 21.3 Å². The van der Waals surface area contributed by atoms with Crippen LogP contribution < -0.4 is 19.5 Å². The van der Waals surface area contributed by atoms with Gasteiger partial charge in [0.2, 0.25) is 5.95 Å². The average molecular weight is 468 g/mol. The molecule has 3 aromatic carbocycles. The Balaban J connectivity index is 1.71. The molecular weight excluding hydrogens is 442 g/mol. The van der Waals surface area contributed by atoms with Crippen molar-refractivity contribution < 1.29 is 19.0 Å². The van der Waals surface area contributed by atoms with Gasteiger partial charge < -0.3 is 18.8 Å². The number of nitrogens with one attached hydrogen (secondary N) is 1. The number of nitrogens with zero attached hydrogens (tertiary/aromatic N) is 2. The zero-order chi connectivity index (χ0) is 24.8. The zero-order valence-electron chi connectivity index (χ0n) is 20.0. The quantitative estimate of drug-likeness (QED) is 0.414. The van der Waals surface area contributed by atoms with Crippen LogP contribution in [0.1, 0.15) is 21.6 Å². The molecule has 0 bridgehead atoms. The van der Waals surface area contributed by atoms with E-state index >= 15 is 0 Å². The summed E-state index contributed by atoms with van der Waals surface area (Å²) in [5.41, 5.74) is 3.49. The second-order valence-electron chi connectivity index (χ2n) is 7.58. The minimum Gasteiger partial charge on any atom is -0.497 e. The van der Waals surface area contributed by atoms with Crippen molar-refractivity contribution in [2.45, 2.75) is 0 Å². The van der Waals surface area contributed by atoms with Crippen LogP contribution in [-0.4, -0.2) is 36.8 Å². The van der Waals surface area contributed by atoms with Gasteiger partial charge in [0.15, 0.2) is 0 Å². The Morgan fingerprint density at radius 3 is 1.83 bits per heavy atom. The van der Waals surface area contributed by atoms with Crippen molar-refractivity contribution in [3.63, 3.8) is 0 Å². The van der Waals surface area contributed by atoms with Crippen LogP contribution in [0.4, 0.5) is 5.95 Å². The minimum absolute atomic E-state index is 0.281. The third kappa shape index (κ3) is 5.28. The van der Waals surface area contributed by atoms with Crippen molar-refractivity contribution in [2.24, 2.45) is 7.05 Å². The topological polar surface area (TPSA) is 74.6 Å². The summed E-state index contributed by atoms with van der Waals surface area (Å²) in [6.07, 6.45) is 0. The Bertz CT molecular complexity index is 1380. The smallest absolute Gasteiger partial charge is 0.257 e. The first-order chi connectivity index (χ1) is 17.0. The highest BCUT2D eigenvalue weighted by atomic mass is 16.5. The first-order valence-corrected chi connectivity index (χ1v) is 10.8. The van der Waals surface area contributed by atoms with Crippen LogP contribution in [0.2, 0.25) is 0 Å². The van der Waals surface area contributed by atoms with Crippen LogP contribution in [0.25, 0.3) is 11.3 Å². The van der Waals surface area contributed by atoms with Crippen LogP contribution in [0, 0.1) is 11.8 Å². The second-order valence-corrected chi connectivity index (χ2v) is 7.58. The highest BCUT2D eigenvalue weighted by molar-refractivity contribution is 6.03. The summed E-state index contributed by atoms with van der Waals surface area (Å²) in [6.45, 7) is 0. The standard InChI is InChI=1S/C28H25N3O4/c1-31-25(18-7-19-5-12-22(33-2)13-6-19)26(20-8-14-23(34-3)15-9-20)29-28(31)30-27(32)21-10-16-24(35-4)17-11-21/h5-6,8-17H,1-4H3,(H,29,30,32). The third-order valence-corrected chi connectivity index (χ3v) is 5.45. The van der Waals surface area contributed by atoms with Crippen molar-refractivity contribution in [3.8, 4) is 40.3 Å². The first kappa shape index (κ1) is 23.5. The lowest BCUT2D eigenvalue weighted by atomic mass is 10.1. The molecular formula is C28H25N3O4. The van der Waals surface area contributed by atoms with E-state index in [9.17, 15) is 4.79 Å². The molecule has 4 rings (SSSR count). The maximum atomic E-state index is 12.9. The Hall–Kier alpha value is -4.70. The van der Waals surface area contributed by atoms with Crippen LogP contribution in [-0.2, 0) is 7.05 Å². The maximum absolute atomic E-state index is 12.9. The Kier molecular flexibility index (Phi) is 7.03. The highest BCUT2D eigenvalue weighted by Gasteiger charge is 2.18. The number of hydrogen-bond acceptors (Lipinski definition) is 5. The van der Waals surface area contributed by atoms with Crippen LogP contribution in [0.15, 0.2) is 72.8 Å².